The lowest BCUT2D eigenvalue weighted by Gasteiger charge is -2.36. The Labute approximate surface area is 189 Å². The van der Waals surface area contributed by atoms with Gasteiger partial charge in [0.05, 0.1) is 7.11 Å². The predicted octanol–water partition coefficient (Wildman–Crippen LogP) is 3.90. The van der Waals surface area contributed by atoms with Crippen molar-refractivity contribution in [1.29, 1.82) is 0 Å². The number of amides is 1. The summed E-state index contributed by atoms with van der Waals surface area (Å²) in [6, 6.07) is 16.6. The van der Waals surface area contributed by atoms with Crippen molar-refractivity contribution in [2.75, 3.05) is 57.0 Å². The molecule has 31 heavy (non-hydrogen) atoms. The number of ether oxygens (including phenoxy) is 1. The molecule has 0 saturated carbocycles. The van der Waals surface area contributed by atoms with Crippen LogP contribution in [0.2, 0.25) is 0 Å². The molecular weight excluding hydrogens is 406 g/mol. The summed E-state index contributed by atoms with van der Waals surface area (Å²) >= 11 is 1.74. The number of rotatable bonds is 8. The number of piperazine rings is 1. The molecule has 2 aromatic rings. The summed E-state index contributed by atoms with van der Waals surface area (Å²) in [6.07, 6.45) is 4.16. The molecule has 164 valence electrons. The first-order chi connectivity index (χ1) is 15.2. The molecule has 2 aliphatic heterocycles. The van der Waals surface area contributed by atoms with Crippen LogP contribution in [0.5, 0.6) is 5.75 Å². The van der Waals surface area contributed by atoms with Gasteiger partial charge < -0.3 is 15.0 Å². The smallest absolute Gasteiger partial charge is 0.248 e. The topological polar surface area (TPSA) is 44.8 Å². The van der Waals surface area contributed by atoms with Gasteiger partial charge in [0.2, 0.25) is 5.91 Å². The third kappa shape index (κ3) is 5.83. The highest BCUT2D eigenvalue weighted by Gasteiger charge is 2.18. The molecular formula is C25H31N3O2S. The highest BCUT2D eigenvalue weighted by atomic mass is 32.2. The molecule has 0 spiro atoms. The highest BCUT2D eigenvalue weighted by molar-refractivity contribution is 7.99. The van der Waals surface area contributed by atoms with Gasteiger partial charge in [0.15, 0.2) is 0 Å². The molecule has 6 heteroatoms. The highest BCUT2D eigenvalue weighted by Crippen LogP contribution is 2.31. The van der Waals surface area contributed by atoms with Crippen LogP contribution in [0.3, 0.4) is 0 Å². The number of thioether (sulfide) groups is 1. The molecule has 2 aromatic carbocycles. The molecule has 0 radical (unpaired) electrons. The van der Waals surface area contributed by atoms with Gasteiger partial charge in [-0.15, -0.1) is 11.8 Å². The van der Waals surface area contributed by atoms with E-state index in [4.69, 9.17) is 4.74 Å². The fraction of sp³-hybridized carbons (Fsp3) is 0.400. The van der Waals surface area contributed by atoms with E-state index in [1.807, 2.05) is 30.3 Å². The van der Waals surface area contributed by atoms with Crippen molar-refractivity contribution in [2.45, 2.75) is 17.7 Å². The lowest BCUT2D eigenvalue weighted by molar-refractivity contribution is -0.117. The summed E-state index contributed by atoms with van der Waals surface area (Å²) in [7, 11) is 1.70. The van der Waals surface area contributed by atoms with Crippen molar-refractivity contribution in [3.05, 3.63) is 59.7 Å². The Morgan fingerprint density at radius 3 is 2.58 bits per heavy atom. The van der Waals surface area contributed by atoms with Crippen molar-refractivity contribution in [2.24, 2.45) is 0 Å². The van der Waals surface area contributed by atoms with Crippen LogP contribution in [0.4, 0.5) is 5.69 Å². The van der Waals surface area contributed by atoms with Crippen molar-refractivity contribution < 1.29 is 9.53 Å². The van der Waals surface area contributed by atoms with E-state index in [1.54, 1.807) is 18.9 Å². The van der Waals surface area contributed by atoms with E-state index < -0.39 is 0 Å². The van der Waals surface area contributed by atoms with Gasteiger partial charge in [-0.1, -0.05) is 18.2 Å². The van der Waals surface area contributed by atoms with Gasteiger partial charge >= 0.3 is 0 Å². The summed E-state index contributed by atoms with van der Waals surface area (Å²) < 4.78 is 5.24. The molecule has 1 amide bonds. The Balaban J connectivity index is 1.12. The number of hydrogen-bond acceptors (Lipinski definition) is 5. The quantitative estimate of drug-likeness (QED) is 0.635. The first-order valence-corrected chi connectivity index (χ1v) is 12.0. The zero-order chi connectivity index (χ0) is 21.5. The SMILES string of the molecule is COc1ccc(N2CCN(CCCCNC(=O)C3=Cc4ccccc4SC3)CC2)cc1. The number of benzene rings is 2. The van der Waals surface area contributed by atoms with Gasteiger partial charge in [0.25, 0.3) is 0 Å². The van der Waals surface area contributed by atoms with E-state index in [0.717, 1.165) is 74.7 Å². The third-order valence-corrected chi connectivity index (χ3v) is 7.06. The van der Waals surface area contributed by atoms with E-state index in [0.29, 0.717) is 0 Å². The Hall–Kier alpha value is -2.44. The van der Waals surface area contributed by atoms with Gasteiger partial charge in [-0.3, -0.25) is 9.69 Å². The van der Waals surface area contributed by atoms with Gasteiger partial charge in [-0.25, -0.2) is 0 Å². The van der Waals surface area contributed by atoms with Gasteiger partial charge in [-0.2, -0.15) is 0 Å². The van der Waals surface area contributed by atoms with Crippen LogP contribution in [0.25, 0.3) is 6.08 Å². The van der Waals surface area contributed by atoms with Crippen LogP contribution in [-0.2, 0) is 4.79 Å². The number of fused-ring (bicyclic) bond motifs is 1. The lowest BCUT2D eigenvalue weighted by atomic mass is 10.1. The van der Waals surface area contributed by atoms with Crippen LogP contribution in [0.15, 0.2) is 59.0 Å². The molecule has 0 bridgehead atoms. The van der Waals surface area contributed by atoms with Crippen molar-refractivity contribution >= 4 is 29.4 Å². The average molecular weight is 438 g/mol. The molecule has 1 N–H and O–H groups in total. The summed E-state index contributed by atoms with van der Waals surface area (Å²) in [5.41, 5.74) is 3.29. The molecule has 0 unspecified atom stereocenters. The Kier molecular flexibility index (Phi) is 7.54. The fourth-order valence-electron chi connectivity index (χ4n) is 4.05. The largest absolute Gasteiger partial charge is 0.497 e. The molecule has 4 rings (SSSR count). The molecule has 1 fully saturated rings. The first kappa shape index (κ1) is 21.8. The van der Waals surface area contributed by atoms with Crippen molar-refractivity contribution in [3.63, 3.8) is 0 Å². The second-order valence-electron chi connectivity index (χ2n) is 7.99. The van der Waals surface area contributed by atoms with E-state index in [9.17, 15) is 4.79 Å². The number of nitrogens with zero attached hydrogens (tertiary/aromatic N) is 2. The third-order valence-electron chi connectivity index (χ3n) is 5.92. The van der Waals surface area contributed by atoms with E-state index >= 15 is 0 Å². The number of unbranched alkanes of at least 4 members (excludes halogenated alkanes) is 1. The summed E-state index contributed by atoms with van der Waals surface area (Å²) in [5.74, 6) is 1.73. The standard InChI is InChI=1S/C25H31N3O2S/c1-30-23-10-8-22(9-11-23)28-16-14-27(15-17-28)13-5-4-12-26-25(29)21-18-20-6-2-3-7-24(20)31-19-21/h2-3,6-11,18H,4-5,12-17,19H2,1H3,(H,26,29). The maximum absolute atomic E-state index is 12.5. The molecule has 2 aliphatic rings. The zero-order valence-electron chi connectivity index (χ0n) is 18.2. The number of anilines is 1. The molecule has 0 atom stereocenters. The molecule has 0 aromatic heterocycles. The minimum absolute atomic E-state index is 0.0788. The Bertz CT molecular complexity index is 905. The lowest BCUT2D eigenvalue weighted by Crippen LogP contribution is -2.46. The zero-order valence-corrected chi connectivity index (χ0v) is 19.0. The van der Waals surface area contributed by atoms with Gasteiger partial charge in [-0.05, 0) is 61.4 Å². The normalized spacial score (nSPS) is 16.4. The Morgan fingerprint density at radius 1 is 1.03 bits per heavy atom. The number of hydrogen-bond donors (Lipinski definition) is 1. The maximum Gasteiger partial charge on any atom is 0.248 e. The molecule has 5 nitrogen and oxygen atoms in total. The summed E-state index contributed by atoms with van der Waals surface area (Å²) in [6.45, 7) is 6.11. The number of nitrogens with one attached hydrogen (secondary N) is 1. The molecule has 2 heterocycles. The minimum atomic E-state index is 0.0788. The number of carbonyl (C=O) groups is 1. The maximum atomic E-state index is 12.5. The van der Waals surface area contributed by atoms with Gasteiger partial charge in [0.1, 0.15) is 5.75 Å². The Morgan fingerprint density at radius 2 is 1.81 bits per heavy atom. The predicted molar refractivity (Wildman–Crippen MR) is 129 cm³/mol. The first-order valence-electron chi connectivity index (χ1n) is 11.0. The number of carbonyl (C=O) groups excluding carboxylic acids is 1. The van der Waals surface area contributed by atoms with Gasteiger partial charge in [0, 0.05) is 54.6 Å². The fourth-order valence-corrected chi connectivity index (χ4v) is 5.04. The van der Waals surface area contributed by atoms with E-state index in [1.165, 1.54) is 10.6 Å². The average Bonchev–Trinajstić information content (AvgIpc) is 2.84. The van der Waals surface area contributed by atoms with Crippen molar-refractivity contribution in [3.8, 4) is 5.75 Å². The number of methoxy groups -OCH3 is 1. The van der Waals surface area contributed by atoms with E-state index in [-0.39, 0.29) is 5.91 Å². The summed E-state index contributed by atoms with van der Waals surface area (Å²) in [4.78, 5) is 18.7. The van der Waals surface area contributed by atoms with Crippen LogP contribution in [0.1, 0.15) is 18.4 Å². The van der Waals surface area contributed by atoms with Crippen molar-refractivity contribution in [1.82, 2.24) is 10.2 Å². The van der Waals surface area contributed by atoms with Crippen LogP contribution < -0.4 is 15.0 Å². The monoisotopic (exact) mass is 437 g/mol. The van der Waals surface area contributed by atoms with E-state index in [2.05, 4.69) is 39.4 Å². The second kappa shape index (κ2) is 10.7. The molecule has 1 saturated heterocycles. The second-order valence-corrected chi connectivity index (χ2v) is 9.00. The van der Waals surface area contributed by atoms with Crippen LogP contribution in [-0.4, -0.2) is 62.9 Å². The summed E-state index contributed by atoms with van der Waals surface area (Å²) in [5, 5.41) is 3.10. The van der Waals surface area contributed by atoms with Crippen LogP contribution in [0, 0.1) is 0 Å². The van der Waals surface area contributed by atoms with Crippen LogP contribution >= 0.6 is 11.8 Å². The molecule has 0 aliphatic carbocycles. The minimum Gasteiger partial charge on any atom is -0.497 e.